The first kappa shape index (κ1) is 22.6. The normalized spacial score (nSPS) is 15.0. The van der Waals surface area contributed by atoms with Crippen LogP contribution < -0.4 is 5.32 Å². The topological polar surface area (TPSA) is 114 Å². The Labute approximate surface area is 202 Å². The van der Waals surface area contributed by atoms with E-state index in [1.807, 2.05) is 47.2 Å². The van der Waals surface area contributed by atoms with E-state index >= 15 is 0 Å². The van der Waals surface area contributed by atoms with E-state index in [0.29, 0.717) is 19.6 Å². The van der Waals surface area contributed by atoms with Gasteiger partial charge >= 0.3 is 12.1 Å². The summed E-state index contributed by atoms with van der Waals surface area (Å²) in [5.41, 5.74) is 4.41. The lowest BCUT2D eigenvalue weighted by atomic mass is 9.98. The Kier molecular flexibility index (Phi) is 6.22. The van der Waals surface area contributed by atoms with Gasteiger partial charge in [-0.25, -0.2) is 9.78 Å². The summed E-state index contributed by atoms with van der Waals surface area (Å²) in [5.74, 6) is -0.731. The highest BCUT2D eigenvalue weighted by atomic mass is 16.5. The van der Waals surface area contributed by atoms with E-state index in [2.05, 4.69) is 22.4 Å². The molecule has 5 rings (SSSR count). The minimum atomic E-state index is -1.04. The Morgan fingerprint density at radius 1 is 1.06 bits per heavy atom. The molecule has 0 fully saturated rings. The van der Waals surface area contributed by atoms with Crippen molar-refractivity contribution in [1.29, 1.82) is 0 Å². The lowest BCUT2D eigenvalue weighted by molar-refractivity contribution is -0.138. The van der Waals surface area contributed by atoms with Crippen LogP contribution in [0.2, 0.25) is 0 Å². The van der Waals surface area contributed by atoms with Gasteiger partial charge in [0.1, 0.15) is 18.5 Å². The molecular weight excluding hydrogens is 448 g/mol. The van der Waals surface area contributed by atoms with Gasteiger partial charge in [-0.05, 0) is 28.7 Å². The maximum absolute atomic E-state index is 13.2. The van der Waals surface area contributed by atoms with Crippen LogP contribution in [0.15, 0.2) is 60.9 Å². The molecule has 2 heterocycles. The van der Waals surface area contributed by atoms with Crippen LogP contribution in [-0.4, -0.2) is 56.7 Å². The molecule has 35 heavy (non-hydrogen) atoms. The highest BCUT2D eigenvalue weighted by molar-refractivity contribution is 5.86. The van der Waals surface area contributed by atoms with E-state index < -0.39 is 18.1 Å². The lowest BCUT2D eigenvalue weighted by Crippen LogP contribution is -2.50. The van der Waals surface area contributed by atoms with Crippen LogP contribution in [0.1, 0.15) is 35.7 Å². The molecule has 0 spiro atoms. The second kappa shape index (κ2) is 9.61. The number of carbonyl (C=O) groups excluding carboxylic acids is 2. The summed E-state index contributed by atoms with van der Waals surface area (Å²) >= 11 is 0. The number of benzene rings is 2. The number of fused-ring (bicyclic) bond motifs is 4. The Morgan fingerprint density at radius 3 is 2.43 bits per heavy atom. The van der Waals surface area contributed by atoms with Crippen molar-refractivity contribution in [2.75, 3.05) is 13.2 Å². The SMILES string of the molecule is O=C(O)CCC(NC(=O)OCC1c2ccccc2-c2ccccc21)C(=O)N1CCn2ccnc2C1. The standard InChI is InChI=1S/C26H26N4O5/c31-24(32)10-9-22(25(33)30-14-13-29-12-11-27-23(29)15-30)28-26(34)35-16-21-19-7-3-1-5-17(19)18-6-2-4-8-20(18)21/h1-8,11-12,21-22H,9-10,13-16H2,(H,28,34)(H,31,32). The van der Waals surface area contributed by atoms with Gasteiger partial charge in [0.2, 0.25) is 5.91 Å². The number of rotatable bonds is 7. The third kappa shape index (κ3) is 4.62. The molecule has 3 aromatic rings. The van der Waals surface area contributed by atoms with Gasteiger partial charge in [0, 0.05) is 37.8 Å². The molecule has 1 aromatic heterocycles. The van der Waals surface area contributed by atoms with Gasteiger partial charge in [-0.3, -0.25) is 9.59 Å². The highest BCUT2D eigenvalue weighted by Gasteiger charge is 2.32. The van der Waals surface area contributed by atoms with Crippen LogP contribution in [0.3, 0.4) is 0 Å². The number of aromatic nitrogens is 2. The summed E-state index contributed by atoms with van der Waals surface area (Å²) in [6, 6.07) is 15.1. The molecule has 2 aromatic carbocycles. The molecule has 9 nitrogen and oxygen atoms in total. The summed E-state index contributed by atoms with van der Waals surface area (Å²) in [7, 11) is 0. The highest BCUT2D eigenvalue weighted by Crippen LogP contribution is 2.44. The number of ether oxygens (including phenoxy) is 1. The number of imidazole rings is 1. The van der Waals surface area contributed by atoms with E-state index in [0.717, 1.165) is 28.1 Å². The quantitative estimate of drug-likeness (QED) is 0.544. The van der Waals surface area contributed by atoms with Crippen molar-refractivity contribution in [3.63, 3.8) is 0 Å². The zero-order valence-electron chi connectivity index (χ0n) is 19.1. The van der Waals surface area contributed by atoms with E-state index in [1.54, 1.807) is 11.1 Å². The van der Waals surface area contributed by atoms with Gasteiger partial charge in [-0.2, -0.15) is 0 Å². The maximum atomic E-state index is 13.2. The predicted molar refractivity (Wildman–Crippen MR) is 127 cm³/mol. The van der Waals surface area contributed by atoms with Crippen molar-refractivity contribution in [3.8, 4) is 11.1 Å². The van der Waals surface area contributed by atoms with E-state index in [4.69, 9.17) is 9.84 Å². The first-order chi connectivity index (χ1) is 17.0. The molecular formula is C26H26N4O5. The third-order valence-corrected chi connectivity index (χ3v) is 6.64. The molecule has 0 saturated heterocycles. The number of amides is 2. The smallest absolute Gasteiger partial charge is 0.407 e. The summed E-state index contributed by atoms with van der Waals surface area (Å²) in [6.07, 6.45) is 2.52. The van der Waals surface area contributed by atoms with Gasteiger partial charge in [-0.15, -0.1) is 0 Å². The van der Waals surface area contributed by atoms with E-state index in [1.165, 1.54) is 0 Å². The van der Waals surface area contributed by atoms with Crippen molar-refractivity contribution in [2.45, 2.75) is 37.9 Å². The number of nitrogens with one attached hydrogen (secondary N) is 1. The van der Waals surface area contributed by atoms with Crippen LogP contribution in [0.5, 0.6) is 0 Å². The zero-order chi connectivity index (χ0) is 24.4. The molecule has 2 amide bonds. The number of hydrogen-bond acceptors (Lipinski definition) is 5. The average Bonchev–Trinajstić information content (AvgIpc) is 3.47. The number of alkyl carbamates (subject to hydrolysis) is 1. The first-order valence-electron chi connectivity index (χ1n) is 11.6. The number of hydrogen-bond donors (Lipinski definition) is 2. The van der Waals surface area contributed by atoms with Gasteiger partial charge < -0.3 is 24.6 Å². The minimum Gasteiger partial charge on any atom is -0.481 e. The zero-order valence-corrected chi connectivity index (χ0v) is 19.1. The van der Waals surface area contributed by atoms with Crippen molar-refractivity contribution in [3.05, 3.63) is 77.9 Å². The molecule has 2 aliphatic rings. The molecule has 2 N–H and O–H groups in total. The minimum absolute atomic E-state index is 0.0245. The molecule has 1 aliphatic carbocycles. The van der Waals surface area contributed by atoms with Crippen LogP contribution >= 0.6 is 0 Å². The average molecular weight is 475 g/mol. The number of carbonyl (C=O) groups is 3. The Bertz CT molecular complexity index is 1220. The fraction of sp³-hybridized carbons (Fsp3) is 0.308. The second-order valence-corrected chi connectivity index (χ2v) is 8.75. The van der Waals surface area contributed by atoms with Crippen LogP contribution in [0.4, 0.5) is 4.79 Å². The number of nitrogens with zero attached hydrogens (tertiary/aromatic N) is 3. The van der Waals surface area contributed by atoms with Crippen LogP contribution in [-0.2, 0) is 27.4 Å². The Hall–Kier alpha value is -4.14. The number of carboxylic acids is 1. The monoisotopic (exact) mass is 474 g/mol. The fourth-order valence-electron chi connectivity index (χ4n) is 4.89. The molecule has 0 bridgehead atoms. The van der Waals surface area contributed by atoms with Crippen LogP contribution in [0, 0.1) is 0 Å². The summed E-state index contributed by atoms with van der Waals surface area (Å²) < 4.78 is 7.54. The van der Waals surface area contributed by atoms with Gasteiger partial charge in [0.25, 0.3) is 0 Å². The predicted octanol–water partition coefficient (Wildman–Crippen LogP) is 3.00. The fourth-order valence-corrected chi connectivity index (χ4v) is 4.89. The Balaban J connectivity index is 1.26. The Morgan fingerprint density at radius 2 is 1.74 bits per heavy atom. The number of carboxylic acid groups (broad SMARTS) is 1. The molecule has 1 aliphatic heterocycles. The maximum Gasteiger partial charge on any atom is 0.407 e. The van der Waals surface area contributed by atoms with Crippen molar-refractivity contribution in [1.82, 2.24) is 19.8 Å². The van der Waals surface area contributed by atoms with Gasteiger partial charge in [0.15, 0.2) is 0 Å². The van der Waals surface area contributed by atoms with E-state index in [-0.39, 0.29) is 31.3 Å². The summed E-state index contributed by atoms with van der Waals surface area (Å²) in [5, 5.41) is 11.8. The molecule has 1 unspecified atom stereocenters. The lowest BCUT2D eigenvalue weighted by Gasteiger charge is -2.31. The number of aliphatic carboxylic acids is 1. The summed E-state index contributed by atoms with van der Waals surface area (Å²) in [6.45, 7) is 1.47. The molecule has 0 saturated carbocycles. The van der Waals surface area contributed by atoms with Crippen molar-refractivity contribution in [2.24, 2.45) is 0 Å². The molecule has 180 valence electrons. The summed E-state index contributed by atoms with van der Waals surface area (Å²) in [4.78, 5) is 43.0. The van der Waals surface area contributed by atoms with Crippen molar-refractivity contribution < 1.29 is 24.2 Å². The molecule has 9 heteroatoms. The largest absolute Gasteiger partial charge is 0.481 e. The molecule has 1 atom stereocenters. The third-order valence-electron chi connectivity index (χ3n) is 6.64. The second-order valence-electron chi connectivity index (χ2n) is 8.75. The van der Waals surface area contributed by atoms with Crippen molar-refractivity contribution >= 4 is 18.0 Å². The van der Waals surface area contributed by atoms with Crippen LogP contribution in [0.25, 0.3) is 11.1 Å². The molecule has 0 radical (unpaired) electrons. The van der Waals surface area contributed by atoms with Gasteiger partial charge in [0.05, 0.1) is 6.54 Å². The van der Waals surface area contributed by atoms with E-state index in [9.17, 15) is 14.4 Å². The van der Waals surface area contributed by atoms with Gasteiger partial charge in [-0.1, -0.05) is 48.5 Å². The first-order valence-corrected chi connectivity index (χ1v) is 11.6.